The molecule has 0 bridgehead atoms. The van der Waals surface area contributed by atoms with Crippen LogP contribution in [0.25, 0.3) is 0 Å². The van der Waals surface area contributed by atoms with Crippen LogP contribution in [0.5, 0.6) is 5.75 Å². The monoisotopic (exact) mass is 306 g/mol. The van der Waals surface area contributed by atoms with Gasteiger partial charge in [-0.2, -0.15) is 0 Å². The highest BCUT2D eigenvalue weighted by atomic mass is 35.5. The molecule has 0 aliphatic heterocycles. The molecule has 0 saturated heterocycles. The molecule has 20 heavy (non-hydrogen) atoms. The third-order valence-electron chi connectivity index (χ3n) is 2.96. The van der Waals surface area contributed by atoms with Crippen molar-refractivity contribution in [3.05, 3.63) is 52.5 Å². The molecule has 3 N–H and O–H groups in total. The van der Waals surface area contributed by atoms with Crippen molar-refractivity contribution in [2.24, 2.45) is 5.73 Å². The van der Waals surface area contributed by atoms with Crippen molar-refractivity contribution >= 4 is 40.2 Å². The van der Waals surface area contributed by atoms with Gasteiger partial charge in [-0.15, -0.1) is 0 Å². The highest BCUT2D eigenvalue weighted by molar-refractivity contribution is 7.80. The maximum absolute atomic E-state index is 6.23. The zero-order valence-electron chi connectivity index (χ0n) is 11.2. The molecule has 0 radical (unpaired) electrons. The molecule has 2 rings (SSSR count). The third kappa shape index (κ3) is 3.21. The van der Waals surface area contributed by atoms with Crippen LogP contribution >= 0.6 is 23.8 Å². The fraction of sp³-hybridized carbons (Fsp3) is 0.133. The van der Waals surface area contributed by atoms with Crippen molar-refractivity contribution in [2.45, 2.75) is 6.92 Å². The van der Waals surface area contributed by atoms with E-state index in [9.17, 15) is 0 Å². The van der Waals surface area contributed by atoms with Gasteiger partial charge in [-0.3, -0.25) is 0 Å². The third-order valence-corrected chi connectivity index (χ3v) is 3.50. The Morgan fingerprint density at radius 2 is 1.90 bits per heavy atom. The van der Waals surface area contributed by atoms with Crippen LogP contribution in [-0.4, -0.2) is 12.1 Å². The van der Waals surface area contributed by atoms with Gasteiger partial charge in [0.25, 0.3) is 0 Å². The van der Waals surface area contributed by atoms with Gasteiger partial charge in [0.2, 0.25) is 0 Å². The van der Waals surface area contributed by atoms with Crippen LogP contribution in [0.1, 0.15) is 11.1 Å². The number of thiocarbonyl (C=S) groups is 1. The molecule has 0 aliphatic rings. The number of ether oxygens (including phenoxy) is 1. The molecule has 5 heteroatoms. The van der Waals surface area contributed by atoms with Gasteiger partial charge < -0.3 is 15.8 Å². The SMILES string of the molecule is COc1ccc(Nc2ccc(C(N)=S)cc2Cl)c(C)c1. The number of anilines is 2. The Morgan fingerprint density at radius 3 is 2.45 bits per heavy atom. The minimum absolute atomic E-state index is 0.332. The van der Waals surface area contributed by atoms with Crippen molar-refractivity contribution in [1.29, 1.82) is 0 Å². The average Bonchev–Trinajstić information content (AvgIpc) is 2.42. The second-order valence-corrected chi connectivity index (χ2v) is 5.21. The molecule has 0 fully saturated rings. The van der Waals surface area contributed by atoms with Crippen LogP contribution in [0.15, 0.2) is 36.4 Å². The van der Waals surface area contributed by atoms with Gasteiger partial charge in [0, 0.05) is 11.3 Å². The normalized spacial score (nSPS) is 10.2. The first-order valence-electron chi connectivity index (χ1n) is 6.02. The van der Waals surface area contributed by atoms with E-state index in [4.69, 9.17) is 34.3 Å². The van der Waals surface area contributed by atoms with E-state index in [0.717, 1.165) is 28.3 Å². The van der Waals surface area contributed by atoms with Gasteiger partial charge in [-0.1, -0.05) is 23.8 Å². The lowest BCUT2D eigenvalue weighted by Gasteiger charge is -2.13. The van der Waals surface area contributed by atoms with Crippen molar-refractivity contribution in [1.82, 2.24) is 0 Å². The van der Waals surface area contributed by atoms with Gasteiger partial charge in [0.15, 0.2) is 0 Å². The summed E-state index contributed by atoms with van der Waals surface area (Å²) < 4.78 is 5.18. The van der Waals surface area contributed by atoms with E-state index < -0.39 is 0 Å². The number of rotatable bonds is 4. The largest absolute Gasteiger partial charge is 0.497 e. The lowest BCUT2D eigenvalue weighted by molar-refractivity contribution is 0.414. The average molecular weight is 307 g/mol. The van der Waals surface area contributed by atoms with E-state index in [1.807, 2.05) is 37.3 Å². The van der Waals surface area contributed by atoms with E-state index in [2.05, 4.69) is 5.32 Å². The fourth-order valence-electron chi connectivity index (χ4n) is 1.82. The lowest BCUT2D eigenvalue weighted by atomic mass is 10.1. The summed E-state index contributed by atoms with van der Waals surface area (Å²) in [5, 5.41) is 3.86. The van der Waals surface area contributed by atoms with E-state index in [1.54, 1.807) is 13.2 Å². The first-order valence-corrected chi connectivity index (χ1v) is 6.81. The number of halogens is 1. The molecular formula is C15H15ClN2OS. The molecule has 2 aromatic carbocycles. The Balaban J connectivity index is 2.28. The minimum atomic E-state index is 0.332. The number of aryl methyl sites for hydroxylation is 1. The molecule has 0 heterocycles. The van der Waals surface area contributed by atoms with Crippen LogP contribution < -0.4 is 15.8 Å². The smallest absolute Gasteiger partial charge is 0.119 e. The topological polar surface area (TPSA) is 47.3 Å². The molecule has 0 aliphatic carbocycles. The van der Waals surface area contributed by atoms with Gasteiger partial charge >= 0.3 is 0 Å². The van der Waals surface area contributed by atoms with Gasteiger partial charge in [-0.25, -0.2) is 0 Å². The molecule has 0 saturated carbocycles. The Bertz CT molecular complexity index is 658. The molecule has 0 amide bonds. The number of methoxy groups -OCH3 is 1. The zero-order chi connectivity index (χ0) is 14.7. The minimum Gasteiger partial charge on any atom is -0.497 e. The number of hydrogen-bond acceptors (Lipinski definition) is 3. The van der Waals surface area contributed by atoms with Gasteiger partial charge in [0.1, 0.15) is 10.7 Å². The molecular weight excluding hydrogens is 292 g/mol. The van der Waals surface area contributed by atoms with E-state index >= 15 is 0 Å². The highest BCUT2D eigenvalue weighted by Crippen LogP contribution is 2.29. The second-order valence-electron chi connectivity index (χ2n) is 4.36. The maximum Gasteiger partial charge on any atom is 0.119 e. The van der Waals surface area contributed by atoms with Gasteiger partial charge in [0.05, 0.1) is 17.8 Å². The van der Waals surface area contributed by atoms with E-state index in [-0.39, 0.29) is 0 Å². The van der Waals surface area contributed by atoms with Crippen molar-refractivity contribution in [2.75, 3.05) is 12.4 Å². The number of nitrogens with one attached hydrogen (secondary N) is 1. The Morgan fingerprint density at radius 1 is 1.20 bits per heavy atom. The Hall–Kier alpha value is -1.78. The molecule has 0 unspecified atom stereocenters. The number of benzene rings is 2. The summed E-state index contributed by atoms with van der Waals surface area (Å²) in [6, 6.07) is 11.3. The van der Waals surface area contributed by atoms with Crippen LogP contribution in [0.3, 0.4) is 0 Å². The Labute approximate surface area is 128 Å². The summed E-state index contributed by atoms with van der Waals surface area (Å²) in [6.07, 6.45) is 0. The highest BCUT2D eigenvalue weighted by Gasteiger charge is 2.06. The molecule has 104 valence electrons. The molecule has 0 aromatic heterocycles. The summed E-state index contributed by atoms with van der Waals surface area (Å²) in [4.78, 5) is 0.332. The summed E-state index contributed by atoms with van der Waals surface area (Å²) in [6.45, 7) is 2.00. The Kier molecular flexibility index (Phi) is 4.47. The zero-order valence-corrected chi connectivity index (χ0v) is 12.8. The van der Waals surface area contributed by atoms with Crippen molar-refractivity contribution in [3.63, 3.8) is 0 Å². The van der Waals surface area contributed by atoms with Crippen LogP contribution in [0, 0.1) is 6.92 Å². The first-order chi connectivity index (χ1) is 9.51. The quantitative estimate of drug-likeness (QED) is 0.837. The molecule has 2 aromatic rings. The van der Waals surface area contributed by atoms with Crippen LogP contribution in [0.4, 0.5) is 11.4 Å². The second kappa shape index (κ2) is 6.11. The summed E-state index contributed by atoms with van der Waals surface area (Å²) in [5.41, 5.74) is 9.17. The molecule has 0 spiro atoms. The predicted molar refractivity (Wildman–Crippen MR) is 88.4 cm³/mol. The van der Waals surface area contributed by atoms with E-state index in [0.29, 0.717) is 10.0 Å². The molecule has 0 atom stereocenters. The van der Waals surface area contributed by atoms with Crippen LogP contribution in [0.2, 0.25) is 5.02 Å². The summed E-state index contributed by atoms with van der Waals surface area (Å²) >= 11 is 11.2. The maximum atomic E-state index is 6.23. The fourth-order valence-corrected chi connectivity index (χ4v) is 2.17. The first kappa shape index (κ1) is 14.6. The standard InChI is InChI=1S/C15H15ClN2OS/c1-9-7-11(19-2)4-6-13(9)18-14-5-3-10(15(17)20)8-12(14)16/h3-8,18H,1-2H3,(H2,17,20). The van der Waals surface area contributed by atoms with Crippen molar-refractivity contribution < 1.29 is 4.74 Å². The summed E-state index contributed by atoms with van der Waals surface area (Å²) in [5.74, 6) is 0.822. The summed E-state index contributed by atoms with van der Waals surface area (Å²) in [7, 11) is 1.65. The van der Waals surface area contributed by atoms with Crippen molar-refractivity contribution in [3.8, 4) is 5.75 Å². The van der Waals surface area contributed by atoms with Crippen LogP contribution in [-0.2, 0) is 0 Å². The van der Waals surface area contributed by atoms with E-state index in [1.165, 1.54) is 0 Å². The van der Waals surface area contributed by atoms with Gasteiger partial charge in [-0.05, 0) is 48.9 Å². The number of nitrogens with two attached hydrogens (primary N) is 1. The lowest BCUT2D eigenvalue weighted by Crippen LogP contribution is -2.09. The molecule has 3 nitrogen and oxygen atoms in total. The number of hydrogen-bond donors (Lipinski definition) is 2. The predicted octanol–water partition coefficient (Wildman–Crippen LogP) is 4.03.